The molecule has 2 aromatic carbocycles. The van der Waals surface area contributed by atoms with E-state index >= 15 is 0 Å². The highest BCUT2D eigenvalue weighted by molar-refractivity contribution is 8.00. The first-order valence-electron chi connectivity index (χ1n) is 10.6. The van der Waals surface area contributed by atoms with Crippen molar-refractivity contribution in [1.29, 1.82) is 0 Å². The van der Waals surface area contributed by atoms with Crippen molar-refractivity contribution >= 4 is 35.2 Å². The zero-order chi connectivity index (χ0) is 21.3. The molecule has 1 aliphatic rings. The van der Waals surface area contributed by atoms with E-state index in [0.717, 1.165) is 36.1 Å². The Bertz CT molecular complexity index is 823. The monoisotopic (exact) mass is 444 g/mol. The van der Waals surface area contributed by atoms with E-state index in [1.165, 1.54) is 11.8 Å². The molecule has 160 valence electrons. The molecule has 0 heterocycles. The predicted octanol–water partition coefficient (Wildman–Crippen LogP) is 5.30. The largest absolute Gasteiger partial charge is 0.352 e. The van der Waals surface area contributed by atoms with Crippen LogP contribution in [0, 0.1) is 0 Å². The molecule has 0 radical (unpaired) electrons. The van der Waals surface area contributed by atoms with Crippen LogP contribution in [0.15, 0.2) is 59.5 Å². The molecule has 3 rings (SSSR count). The number of halogens is 1. The number of amides is 2. The molecule has 0 aliphatic heterocycles. The van der Waals surface area contributed by atoms with Crippen molar-refractivity contribution < 1.29 is 9.59 Å². The lowest BCUT2D eigenvalue weighted by molar-refractivity contribution is -0.139. The second-order valence-corrected chi connectivity index (χ2v) is 9.15. The molecule has 2 amide bonds. The number of carbonyl (C=O) groups excluding carboxylic acids is 2. The number of benzene rings is 2. The van der Waals surface area contributed by atoms with Crippen molar-refractivity contribution in [2.45, 2.75) is 62.6 Å². The van der Waals surface area contributed by atoms with Crippen LogP contribution < -0.4 is 5.32 Å². The van der Waals surface area contributed by atoms with Gasteiger partial charge in [0.1, 0.15) is 6.04 Å². The summed E-state index contributed by atoms with van der Waals surface area (Å²) in [5.74, 6) is 0.208. The number of rotatable bonds is 9. The van der Waals surface area contributed by atoms with E-state index in [-0.39, 0.29) is 23.6 Å². The van der Waals surface area contributed by atoms with Gasteiger partial charge in [0.2, 0.25) is 11.8 Å². The van der Waals surface area contributed by atoms with Crippen LogP contribution in [0.25, 0.3) is 0 Å². The van der Waals surface area contributed by atoms with Crippen molar-refractivity contribution in [3.05, 3.63) is 65.2 Å². The zero-order valence-corrected chi connectivity index (χ0v) is 18.9. The van der Waals surface area contributed by atoms with Crippen LogP contribution >= 0.6 is 23.4 Å². The van der Waals surface area contributed by atoms with Gasteiger partial charge in [-0.2, -0.15) is 0 Å². The number of carbonyl (C=O) groups is 2. The van der Waals surface area contributed by atoms with E-state index < -0.39 is 6.04 Å². The third kappa shape index (κ3) is 6.51. The van der Waals surface area contributed by atoms with E-state index in [1.54, 1.807) is 4.90 Å². The molecular formula is C24H29ClN2O2S. The molecule has 0 saturated heterocycles. The van der Waals surface area contributed by atoms with Gasteiger partial charge in [0, 0.05) is 22.5 Å². The van der Waals surface area contributed by atoms with Crippen LogP contribution in [-0.2, 0) is 16.1 Å². The molecule has 30 heavy (non-hydrogen) atoms. The predicted molar refractivity (Wildman–Crippen MR) is 124 cm³/mol. The van der Waals surface area contributed by atoms with E-state index in [1.807, 2.05) is 61.5 Å². The summed E-state index contributed by atoms with van der Waals surface area (Å²) in [6.45, 7) is 2.40. The summed E-state index contributed by atoms with van der Waals surface area (Å²) in [6.07, 6.45) is 4.96. The molecule has 1 unspecified atom stereocenters. The van der Waals surface area contributed by atoms with Crippen molar-refractivity contribution in [3.8, 4) is 0 Å². The van der Waals surface area contributed by atoms with Crippen molar-refractivity contribution in [1.82, 2.24) is 10.2 Å². The highest BCUT2D eigenvalue weighted by Crippen LogP contribution is 2.23. The molecule has 1 atom stereocenters. The summed E-state index contributed by atoms with van der Waals surface area (Å²) in [5.41, 5.74) is 1.02. The lowest BCUT2D eigenvalue weighted by Gasteiger charge is -2.31. The first kappa shape index (κ1) is 22.7. The molecular weight excluding hydrogens is 416 g/mol. The normalized spacial score (nSPS) is 15.0. The van der Waals surface area contributed by atoms with Gasteiger partial charge in [-0.15, -0.1) is 11.8 Å². The number of hydrogen-bond donors (Lipinski definition) is 1. The van der Waals surface area contributed by atoms with Crippen LogP contribution in [0.3, 0.4) is 0 Å². The van der Waals surface area contributed by atoms with Gasteiger partial charge in [-0.3, -0.25) is 9.59 Å². The molecule has 4 nitrogen and oxygen atoms in total. The molecule has 1 fully saturated rings. The lowest BCUT2D eigenvalue weighted by atomic mass is 10.1. The van der Waals surface area contributed by atoms with Crippen molar-refractivity contribution in [2.75, 3.05) is 5.75 Å². The number of hydrogen-bond acceptors (Lipinski definition) is 3. The number of nitrogens with one attached hydrogen (secondary N) is 1. The van der Waals surface area contributed by atoms with Gasteiger partial charge < -0.3 is 10.2 Å². The highest BCUT2D eigenvalue weighted by atomic mass is 35.5. The van der Waals surface area contributed by atoms with Crippen molar-refractivity contribution in [2.24, 2.45) is 0 Å². The van der Waals surface area contributed by atoms with E-state index in [0.29, 0.717) is 18.0 Å². The average molecular weight is 445 g/mol. The Kier molecular flexibility index (Phi) is 8.64. The summed E-state index contributed by atoms with van der Waals surface area (Å²) >= 11 is 7.42. The molecule has 0 aromatic heterocycles. The fraction of sp³-hybridized carbons (Fsp3) is 0.417. The van der Waals surface area contributed by atoms with Gasteiger partial charge in [0.25, 0.3) is 0 Å². The van der Waals surface area contributed by atoms with Gasteiger partial charge in [0.15, 0.2) is 0 Å². The van der Waals surface area contributed by atoms with Gasteiger partial charge in [-0.1, -0.05) is 61.7 Å². The summed E-state index contributed by atoms with van der Waals surface area (Å²) in [5, 5.41) is 3.85. The minimum atomic E-state index is -0.468. The highest BCUT2D eigenvalue weighted by Gasteiger charge is 2.30. The third-order valence-corrected chi connectivity index (χ3v) is 6.71. The van der Waals surface area contributed by atoms with E-state index in [2.05, 4.69) is 5.32 Å². The Morgan fingerprint density at radius 2 is 1.77 bits per heavy atom. The van der Waals surface area contributed by atoms with Crippen molar-refractivity contribution in [3.63, 3.8) is 0 Å². The van der Waals surface area contributed by atoms with Crippen LogP contribution in [0.1, 0.15) is 44.6 Å². The van der Waals surface area contributed by atoms with Gasteiger partial charge >= 0.3 is 0 Å². The maximum atomic E-state index is 13.2. The molecule has 1 aliphatic carbocycles. The second-order valence-electron chi connectivity index (χ2n) is 7.66. The molecule has 1 N–H and O–H groups in total. The standard InChI is InChI=1S/C24H29ClN2O2S/c1-2-22(24(29)26-20-10-6-7-11-20)27(16-18-8-4-3-5-9-18)23(28)17-30-21-14-12-19(25)13-15-21/h3-5,8-9,12-15,20,22H,2,6-7,10-11,16-17H2,1H3,(H,26,29). The lowest BCUT2D eigenvalue weighted by Crippen LogP contribution is -2.51. The Hall–Kier alpha value is -1.98. The summed E-state index contributed by atoms with van der Waals surface area (Å²) in [6, 6.07) is 17.1. The smallest absolute Gasteiger partial charge is 0.243 e. The van der Waals surface area contributed by atoms with Crippen LogP contribution in [0.5, 0.6) is 0 Å². The first-order valence-corrected chi connectivity index (χ1v) is 11.9. The maximum absolute atomic E-state index is 13.2. The number of thioether (sulfide) groups is 1. The zero-order valence-electron chi connectivity index (χ0n) is 17.4. The van der Waals surface area contributed by atoms with Gasteiger partial charge in [-0.05, 0) is 49.1 Å². The minimum absolute atomic E-state index is 0.0350. The van der Waals surface area contributed by atoms with E-state index in [9.17, 15) is 9.59 Å². The number of nitrogens with zero attached hydrogens (tertiary/aromatic N) is 1. The summed E-state index contributed by atoms with van der Waals surface area (Å²) < 4.78 is 0. The molecule has 0 spiro atoms. The SMILES string of the molecule is CCC(C(=O)NC1CCCC1)N(Cc1ccccc1)C(=O)CSc1ccc(Cl)cc1. The fourth-order valence-corrected chi connectivity index (χ4v) is 4.74. The molecule has 2 aromatic rings. The summed E-state index contributed by atoms with van der Waals surface area (Å²) in [4.78, 5) is 29.0. The van der Waals surface area contributed by atoms with Crippen LogP contribution in [0.4, 0.5) is 0 Å². The quantitative estimate of drug-likeness (QED) is 0.534. The molecule has 0 bridgehead atoms. The minimum Gasteiger partial charge on any atom is -0.352 e. The molecule has 6 heteroatoms. The first-order chi connectivity index (χ1) is 14.6. The third-order valence-electron chi connectivity index (χ3n) is 5.46. The van der Waals surface area contributed by atoms with Crippen LogP contribution in [0.2, 0.25) is 5.02 Å². The van der Waals surface area contributed by atoms with Crippen LogP contribution in [-0.4, -0.2) is 34.6 Å². The summed E-state index contributed by atoms with van der Waals surface area (Å²) in [7, 11) is 0. The van der Waals surface area contributed by atoms with Gasteiger partial charge in [-0.25, -0.2) is 0 Å². The Morgan fingerprint density at radius 3 is 2.40 bits per heavy atom. The Labute approximate surface area is 188 Å². The van der Waals surface area contributed by atoms with E-state index in [4.69, 9.17) is 11.6 Å². The fourth-order valence-electron chi connectivity index (χ4n) is 3.83. The maximum Gasteiger partial charge on any atom is 0.243 e. The topological polar surface area (TPSA) is 49.4 Å². The average Bonchev–Trinajstić information content (AvgIpc) is 3.26. The Balaban J connectivity index is 1.72. The second kappa shape index (κ2) is 11.4. The molecule has 1 saturated carbocycles. The Morgan fingerprint density at radius 1 is 1.10 bits per heavy atom. The van der Waals surface area contributed by atoms with Gasteiger partial charge in [0.05, 0.1) is 5.75 Å².